The fourth-order valence-electron chi connectivity index (χ4n) is 2.96. The zero-order chi connectivity index (χ0) is 19.6. The van der Waals surface area contributed by atoms with Gasteiger partial charge in [-0.1, -0.05) is 17.7 Å². The van der Waals surface area contributed by atoms with E-state index in [0.717, 1.165) is 0 Å². The fraction of sp³-hybridized carbons (Fsp3) is 0.353. The Morgan fingerprint density at radius 2 is 2.15 bits per heavy atom. The van der Waals surface area contributed by atoms with E-state index >= 15 is 0 Å². The van der Waals surface area contributed by atoms with Gasteiger partial charge in [-0.05, 0) is 31.0 Å². The van der Waals surface area contributed by atoms with Gasteiger partial charge in [-0.3, -0.25) is 4.79 Å². The molecule has 0 unspecified atom stereocenters. The normalized spacial score (nSPS) is 21.5. The van der Waals surface area contributed by atoms with Crippen molar-refractivity contribution in [3.63, 3.8) is 0 Å². The van der Waals surface area contributed by atoms with Crippen LogP contribution >= 0.6 is 11.6 Å². The number of primary amides is 1. The average Bonchev–Trinajstić information content (AvgIpc) is 2.59. The maximum atomic E-state index is 13.8. The van der Waals surface area contributed by atoms with Crippen molar-refractivity contribution in [1.29, 1.82) is 0 Å². The standard InChI is InChI=1S/C17H19ClF2N6O/c18-9-3-1-4-10(7-9)24-15-11(14(22)27)8-23-16(26-15)25-12-5-2-6-17(19,20)13(12)21/h1,3-4,7-8,12-13H,2,5-6,21H2,(H2,22,27)(H2,23,24,25,26)/t12-,13-/m1/s1. The minimum absolute atomic E-state index is 0.0544. The number of amides is 1. The SMILES string of the molecule is NC(=O)c1cnc(N[C@@H]2CCCC(F)(F)[C@@H]2N)nc1Nc1cccc(Cl)c1. The quantitative estimate of drug-likeness (QED) is 0.617. The maximum absolute atomic E-state index is 13.8. The smallest absolute Gasteiger partial charge is 0.264 e. The van der Waals surface area contributed by atoms with Crippen molar-refractivity contribution in [1.82, 2.24) is 9.97 Å². The molecule has 0 spiro atoms. The summed E-state index contributed by atoms with van der Waals surface area (Å²) < 4.78 is 27.7. The Morgan fingerprint density at radius 3 is 2.85 bits per heavy atom. The molecule has 2 atom stereocenters. The highest BCUT2D eigenvalue weighted by atomic mass is 35.5. The van der Waals surface area contributed by atoms with E-state index in [2.05, 4.69) is 20.6 Å². The Balaban J connectivity index is 1.86. The van der Waals surface area contributed by atoms with Gasteiger partial charge in [0.15, 0.2) is 0 Å². The topological polar surface area (TPSA) is 119 Å². The Bertz CT molecular complexity index is 850. The van der Waals surface area contributed by atoms with Gasteiger partial charge in [-0.2, -0.15) is 4.98 Å². The number of nitrogens with zero attached hydrogens (tertiary/aromatic N) is 2. The van der Waals surface area contributed by atoms with Crippen molar-refractivity contribution in [3.05, 3.63) is 41.0 Å². The van der Waals surface area contributed by atoms with Gasteiger partial charge in [0, 0.05) is 23.3 Å². The number of alkyl halides is 2. The van der Waals surface area contributed by atoms with E-state index in [1.54, 1.807) is 24.3 Å². The molecule has 1 aliphatic rings. The maximum Gasteiger partial charge on any atom is 0.264 e. The van der Waals surface area contributed by atoms with Crippen molar-refractivity contribution in [2.24, 2.45) is 11.5 Å². The molecule has 7 nitrogen and oxygen atoms in total. The number of benzene rings is 1. The first kappa shape index (κ1) is 19.2. The zero-order valence-electron chi connectivity index (χ0n) is 14.3. The molecule has 1 saturated carbocycles. The summed E-state index contributed by atoms with van der Waals surface area (Å²) in [5.41, 5.74) is 11.7. The average molecular weight is 397 g/mol. The minimum atomic E-state index is -2.95. The summed E-state index contributed by atoms with van der Waals surface area (Å²) in [5.74, 6) is -3.47. The third-order valence-corrected chi connectivity index (χ3v) is 4.64. The summed E-state index contributed by atoms with van der Waals surface area (Å²) >= 11 is 5.95. The fourth-order valence-corrected chi connectivity index (χ4v) is 3.15. The molecule has 1 fully saturated rings. The highest BCUT2D eigenvalue weighted by Crippen LogP contribution is 2.33. The van der Waals surface area contributed by atoms with Gasteiger partial charge in [-0.25, -0.2) is 13.8 Å². The number of carbonyl (C=O) groups is 1. The van der Waals surface area contributed by atoms with Gasteiger partial charge >= 0.3 is 0 Å². The van der Waals surface area contributed by atoms with Crippen molar-refractivity contribution >= 4 is 35.0 Å². The monoisotopic (exact) mass is 396 g/mol. The van der Waals surface area contributed by atoms with Gasteiger partial charge < -0.3 is 22.1 Å². The molecule has 144 valence electrons. The van der Waals surface area contributed by atoms with Crippen LogP contribution in [0.1, 0.15) is 29.6 Å². The lowest BCUT2D eigenvalue weighted by molar-refractivity contribution is -0.0555. The number of carbonyl (C=O) groups excluding carboxylic acids is 1. The van der Waals surface area contributed by atoms with Crippen molar-refractivity contribution in [2.75, 3.05) is 10.6 Å². The van der Waals surface area contributed by atoms with Crippen LogP contribution in [-0.4, -0.2) is 33.9 Å². The first-order chi connectivity index (χ1) is 12.8. The molecule has 1 aromatic carbocycles. The number of rotatable bonds is 5. The minimum Gasteiger partial charge on any atom is -0.365 e. The number of nitrogens with two attached hydrogens (primary N) is 2. The molecule has 0 aliphatic heterocycles. The molecule has 1 amide bonds. The highest BCUT2D eigenvalue weighted by Gasteiger charge is 2.44. The van der Waals surface area contributed by atoms with E-state index in [0.29, 0.717) is 23.6 Å². The van der Waals surface area contributed by atoms with E-state index in [1.807, 2.05) is 0 Å². The first-order valence-corrected chi connectivity index (χ1v) is 8.73. The molecule has 0 saturated heterocycles. The number of halogens is 3. The van der Waals surface area contributed by atoms with Crippen molar-refractivity contribution < 1.29 is 13.6 Å². The number of aromatic nitrogens is 2. The molecule has 6 N–H and O–H groups in total. The van der Waals surface area contributed by atoms with Crippen LogP contribution in [-0.2, 0) is 0 Å². The van der Waals surface area contributed by atoms with E-state index in [1.165, 1.54) is 6.20 Å². The zero-order valence-corrected chi connectivity index (χ0v) is 15.0. The molecule has 27 heavy (non-hydrogen) atoms. The molecule has 10 heteroatoms. The molecule has 1 heterocycles. The second kappa shape index (κ2) is 7.61. The van der Waals surface area contributed by atoms with Gasteiger partial charge in [0.05, 0.1) is 12.1 Å². The van der Waals surface area contributed by atoms with E-state index in [4.69, 9.17) is 23.1 Å². The molecule has 0 radical (unpaired) electrons. The molecular weight excluding hydrogens is 378 g/mol. The van der Waals surface area contributed by atoms with Crippen LogP contribution in [0.15, 0.2) is 30.5 Å². The van der Waals surface area contributed by atoms with Crippen LogP contribution in [0.2, 0.25) is 5.02 Å². The first-order valence-electron chi connectivity index (χ1n) is 8.35. The molecule has 3 rings (SSSR count). The highest BCUT2D eigenvalue weighted by molar-refractivity contribution is 6.30. The third-order valence-electron chi connectivity index (χ3n) is 4.40. The predicted molar refractivity (Wildman–Crippen MR) is 99.5 cm³/mol. The molecular formula is C17H19ClF2N6O. The predicted octanol–water partition coefficient (Wildman–Crippen LogP) is 2.90. The van der Waals surface area contributed by atoms with Crippen LogP contribution in [0.25, 0.3) is 0 Å². The molecule has 1 aromatic heterocycles. The summed E-state index contributed by atoms with van der Waals surface area (Å²) in [6, 6.07) is 4.74. The van der Waals surface area contributed by atoms with E-state index in [-0.39, 0.29) is 23.8 Å². The summed E-state index contributed by atoms with van der Waals surface area (Å²) in [5, 5.41) is 6.28. The van der Waals surface area contributed by atoms with Gasteiger partial charge in [0.2, 0.25) is 5.95 Å². The van der Waals surface area contributed by atoms with Crippen LogP contribution in [0.5, 0.6) is 0 Å². The van der Waals surface area contributed by atoms with Crippen LogP contribution < -0.4 is 22.1 Å². The Kier molecular flexibility index (Phi) is 5.43. The lowest BCUT2D eigenvalue weighted by Crippen LogP contribution is -2.55. The number of hydrogen-bond donors (Lipinski definition) is 4. The number of anilines is 3. The number of hydrogen-bond acceptors (Lipinski definition) is 6. The van der Waals surface area contributed by atoms with Crippen LogP contribution in [0, 0.1) is 0 Å². The Hall–Kier alpha value is -2.52. The van der Waals surface area contributed by atoms with Crippen LogP contribution in [0.3, 0.4) is 0 Å². The lowest BCUT2D eigenvalue weighted by Gasteiger charge is -2.35. The van der Waals surface area contributed by atoms with Gasteiger partial charge in [0.1, 0.15) is 11.4 Å². The third kappa shape index (κ3) is 4.42. The van der Waals surface area contributed by atoms with E-state index in [9.17, 15) is 13.6 Å². The Labute approximate surface area is 159 Å². The molecule has 1 aliphatic carbocycles. The molecule has 2 aromatic rings. The van der Waals surface area contributed by atoms with Crippen molar-refractivity contribution in [3.8, 4) is 0 Å². The summed E-state index contributed by atoms with van der Waals surface area (Å²) in [4.78, 5) is 19.9. The van der Waals surface area contributed by atoms with E-state index < -0.39 is 23.9 Å². The number of nitrogens with one attached hydrogen (secondary N) is 2. The van der Waals surface area contributed by atoms with Crippen LogP contribution in [0.4, 0.5) is 26.2 Å². The largest absolute Gasteiger partial charge is 0.365 e. The molecule has 0 bridgehead atoms. The van der Waals surface area contributed by atoms with Crippen molar-refractivity contribution in [2.45, 2.75) is 37.3 Å². The summed E-state index contributed by atoms with van der Waals surface area (Å²) in [6.07, 6.45) is 1.80. The summed E-state index contributed by atoms with van der Waals surface area (Å²) in [7, 11) is 0. The van der Waals surface area contributed by atoms with Gasteiger partial charge in [-0.15, -0.1) is 0 Å². The Morgan fingerprint density at radius 1 is 1.37 bits per heavy atom. The second-order valence-electron chi connectivity index (χ2n) is 6.39. The van der Waals surface area contributed by atoms with Gasteiger partial charge in [0.25, 0.3) is 11.8 Å². The lowest BCUT2D eigenvalue weighted by atomic mass is 9.87. The second-order valence-corrected chi connectivity index (χ2v) is 6.82. The summed E-state index contributed by atoms with van der Waals surface area (Å²) in [6.45, 7) is 0.